The Morgan fingerprint density at radius 3 is 2.62 bits per heavy atom. The van der Waals surface area contributed by atoms with Crippen molar-refractivity contribution in [3.63, 3.8) is 0 Å². The lowest BCUT2D eigenvalue weighted by Gasteiger charge is -2.25. The van der Waals surface area contributed by atoms with Gasteiger partial charge in [0.05, 0.1) is 23.8 Å². The van der Waals surface area contributed by atoms with Gasteiger partial charge in [0, 0.05) is 5.69 Å². The number of benzene rings is 2. The van der Waals surface area contributed by atoms with Crippen LogP contribution in [0.3, 0.4) is 0 Å². The molecule has 134 valence electrons. The molecule has 5 nitrogen and oxygen atoms in total. The molecule has 0 spiro atoms. The first-order chi connectivity index (χ1) is 12.4. The van der Waals surface area contributed by atoms with E-state index >= 15 is 0 Å². The summed E-state index contributed by atoms with van der Waals surface area (Å²) < 4.78 is 42.2. The molecule has 0 aliphatic rings. The van der Waals surface area contributed by atoms with Crippen molar-refractivity contribution in [2.75, 3.05) is 11.4 Å². The summed E-state index contributed by atoms with van der Waals surface area (Å²) in [6.45, 7) is 1.12. The highest BCUT2D eigenvalue weighted by molar-refractivity contribution is 5.94. The fourth-order valence-corrected chi connectivity index (χ4v) is 2.83. The third-order valence-corrected chi connectivity index (χ3v) is 3.93. The molecule has 26 heavy (non-hydrogen) atoms. The Morgan fingerprint density at radius 1 is 1.23 bits per heavy atom. The van der Waals surface area contributed by atoms with Gasteiger partial charge in [-0.25, -0.2) is 13.2 Å². The molecule has 0 bridgehead atoms. The van der Waals surface area contributed by atoms with Gasteiger partial charge in [-0.1, -0.05) is 18.2 Å². The van der Waals surface area contributed by atoms with Crippen LogP contribution in [-0.2, 0) is 0 Å². The molecule has 3 aromatic rings. The Balaban J connectivity index is 2.36. The van der Waals surface area contributed by atoms with Crippen LogP contribution in [0.1, 0.15) is 5.56 Å². The number of anilines is 2. The maximum Gasteiger partial charge on any atom is 0.256 e. The molecule has 0 atom stereocenters. The van der Waals surface area contributed by atoms with E-state index in [1.807, 2.05) is 13.0 Å². The first-order valence-corrected chi connectivity index (χ1v) is 7.80. The number of hydrogen-bond acceptors (Lipinski definition) is 4. The second kappa shape index (κ2) is 6.99. The maximum absolute atomic E-state index is 14.6. The van der Waals surface area contributed by atoms with Crippen molar-refractivity contribution in [1.82, 2.24) is 9.55 Å². The SMILES string of the molecule is Cc1cccc(N(CC(F)F)c2nc(=N)n(C=N)c3cccc(F)c23)c1. The van der Waals surface area contributed by atoms with Crippen LogP contribution in [0.2, 0.25) is 0 Å². The standard InChI is InChI=1S/C18H16F3N5/c1-11-4-2-5-12(8-11)25(9-15(20)21)17-16-13(19)6-3-7-14(16)26(10-22)18(23)24-17/h2-8,10,15,22-23H,9H2,1H3. The predicted octanol–water partition coefficient (Wildman–Crippen LogP) is 3.82. The van der Waals surface area contributed by atoms with Crippen LogP contribution in [-0.4, -0.2) is 28.9 Å². The van der Waals surface area contributed by atoms with Crippen LogP contribution in [0.25, 0.3) is 10.9 Å². The number of rotatable bonds is 5. The molecule has 0 unspecified atom stereocenters. The molecule has 2 N–H and O–H groups in total. The minimum atomic E-state index is -2.69. The van der Waals surface area contributed by atoms with E-state index in [1.165, 1.54) is 23.1 Å². The highest BCUT2D eigenvalue weighted by Gasteiger charge is 2.22. The minimum Gasteiger partial charge on any atom is -0.320 e. The van der Waals surface area contributed by atoms with Crippen molar-refractivity contribution in [3.05, 3.63) is 59.5 Å². The van der Waals surface area contributed by atoms with Crippen LogP contribution in [0.5, 0.6) is 0 Å². The molecular formula is C18H16F3N5. The van der Waals surface area contributed by atoms with E-state index in [9.17, 15) is 13.2 Å². The zero-order valence-electron chi connectivity index (χ0n) is 13.9. The fraction of sp³-hybridized carbons (Fsp3) is 0.167. The molecule has 0 aliphatic carbocycles. The van der Waals surface area contributed by atoms with Crippen LogP contribution in [0, 0.1) is 23.6 Å². The van der Waals surface area contributed by atoms with Gasteiger partial charge in [-0.15, -0.1) is 0 Å². The summed E-state index contributed by atoms with van der Waals surface area (Å²) in [4.78, 5) is 5.23. The molecule has 0 saturated heterocycles. The topological polar surface area (TPSA) is 68.8 Å². The first-order valence-electron chi connectivity index (χ1n) is 7.80. The van der Waals surface area contributed by atoms with Crippen molar-refractivity contribution in [3.8, 4) is 0 Å². The number of alkyl halides is 2. The maximum atomic E-state index is 14.6. The highest BCUT2D eigenvalue weighted by Crippen LogP contribution is 2.32. The molecule has 3 rings (SSSR count). The molecule has 0 saturated carbocycles. The average molecular weight is 359 g/mol. The van der Waals surface area contributed by atoms with E-state index in [0.717, 1.165) is 16.5 Å². The van der Waals surface area contributed by atoms with Gasteiger partial charge in [-0.3, -0.25) is 15.4 Å². The van der Waals surface area contributed by atoms with Gasteiger partial charge in [-0.05, 0) is 36.8 Å². The van der Waals surface area contributed by atoms with Gasteiger partial charge in [-0.2, -0.15) is 4.98 Å². The van der Waals surface area contributed by atoms with Gasteiger partial charge in [0.25, 0.3) is 6.43 Å². The summed E-state index contributed by atoms with van der Waals surface area (Å²) in [7, 11) is 0. The third kappa shape index (κ3) is 3.17. The van der Waals surface area contributed by atoms with Gasteiger partial charge in [0.2, 0.25) is 5.62 Å². The van der Waals surface area contributed by atoms with Crippen molar-refractivity contribution in [1.29, 1.82) is 10.8 Å². The summed E-state index contributed by atoms with van der Waals surface area (Å²) in [6.07, 6.45) is -1.85. The predicted molar refractivity (Wildman–Crippen MR) is 93.9 cm³/mol. The number of aryl methyl sites for hydroxylation is 1. The number of hydrogen-bond donors (Lipinski definition) is 2. The first kappa shape index (κ1) is 17.7. The number of aromatic nitrogens is 2. The number of halogens is 3. The second-order valence-electron chi connectivity index (χ2n) is 5.73. The molecule has 0 fully saturated rings. The Bertz CT molecular complexity index is 1030. The van der Waals surface area contributed by atoms with Gasteiger partial charge in [0.1, 0.15) is 11.6 Å². The smallest absolute Gasteiger partial charge is 0.256 e. The van der Waals surface area contributed by atoms with Gasteiger partial charge >= 0.3 is 0 Å². The Morgan fingerprint density at radius 2 is 1.96 bits per heavy atom. The summed E-state index contributed by atoms with van der Waals surface area (Å²) in [5.74, 6) is -0.736. The molecular weight excluding hydrogens is 343 g/mol. The van der Waals surface area contributed by atoms with E-state index in [-0.39, 0.29) is 22.3 Å². The van der Waals surface area contributed by atoms with E-state index in [2.05, 4.69) is 4.98 Å². The van der Waals surface area contributed by atoms with Gasteiger partial charge < -0.3 is 4.90 Å². The van der Waals surface area contributed by atoms with Crippen LogP contribution in [0.4, 0.5) is 24.7 Å². The summed E-state index contributed by atoms with van der Waals surface area (Å²) in [5, 5.41) is 15.4. The van der Waals surface area contributed by atoms with E-state index in [1.54, 1.807) is 18.2 Å². The van der Waals surface area contributed by atoms with Gasteiger partial charge in [0.15, 0.2) is 0 Å². The molecule has 0 radical (unpaired) electrons. The number of nitrogens with one attached hydrogen (secondary N) is 2. The van der Waals surface area contributed by atoms with Crippen molar-refractivity contribution < 1.29 is 13.2 Å². The molecule has 8 heteroatoms. The Hall–Kier alpha value is -3.16. The van der Waals surface area contributed by atoms with Crippen molar-refractivity contribution >= 4 is 28.7 Å². The zero-order chi connectivity index (χ0) is 18.8. The molecule has 1 heterocycles. The second-order valence-corrected chi connectivity index (χ2v) is 5.73. The van der Waals surface area contributed by atoms with E-state index in [0.29, 0.717) is 5.69 Å². The van der Waals surface area contributed by atoms with E-state index < -0.39 is 18.8 Å². The fourth-order valence-electron chi connectivity index (χ4n) is 2.83. The highest BCUT2D eigenvalue weighted by atomic mass is 19.3. The lowest BCUT2D eigenvalue weighted by molar-refractivity contribution is 0.157. The van der Waals surface area contributed by atoms with Crippen LogP contribution >= 0.6 is 0 Å². The number of fused-ring (bicyclic) bond motifs is 1. The molecule has 0 aliphatic heterocycles. The summed E-state index contributed by atoms with van der Waals surface area (Å²) >= 11 is 0. The van der Waals surface area contributed by atoms with Crippen LogP contribution < -0.4 is 10.5 Å². The largest absolute Gasteiger partial charge is 0.320 e. The summed E-state index contributed by atoms with van der Waals surface area (Å²) in [6, 6.07) is 11.0. The lowest BCUT2D eigenvalue weighted by atomic mass is 10.1. The Labute approximate surface area is 147 Å². The molecule has 1 aromatic heterocycles. The monoisotopic (exact) mass is 359 g/mol. The lowest BCUT2D eigenvalue weighted by Crippen LogP contribution is -2.31. The normalized spacial score (nSPS) is 11.1. The number of nitrogens with zero attached hydrogens (tertiary/aromatic N) is 3. The minimum absolute atomic E-state index is 0.0193. The van der Waals surface area contributed by atoms with E-state index in [4.69, 9.17) is 10.8 Å². The average Bonchev–Trinajstić information content (AvgIpc) is 2.59. The quantitative estimate of drug-likeness (QED) is 0.537. The zero-order valence-corrected chi connectivity index (χ0v) is 13.9. The van der Waals surface area contributed by atoms with Crippen molar-refractivity contribution in [2.24, 2.45) is 0 Å². The third-order valence-electron chi connectivity index (χ3n) is 3.93. The summed E-state index contributed by atoms with van der Waals surface area (Å²) in [5.41, 5.74) is 1.14. The molecule has 0 amide bonds. The van der Waals surface area contributed by atoms with Crippen LogP contribution in [0.15, 0.2) is 42.5 Å². The molecule has 2 aromatic carbocycles. The Kier molecular flexibility index (Phi) is 4.75. The van der Waals surface area contributed by atoms with Crippen molar-refractivity contribution in [2.45, 2.75) is 13.3 Å².